The molecular weight excluding hydrogens is 204 g/mol. The summed E-state index contributed by atoms with van der Waals surface area (Å²) in [6, 6.07) is 0. The van der Waals surface area contributed by atoms with E-state index in [0.717, 1.165) is 16.7 Å². The van der Waals surface area contributed by atoms with Crippen LogP contribution >= 0.6 is 0 Å². The summed E-state index contributed by atoms with van der Waals surface area (Å²) >= 11 is 0. The first-order valence-electron chi connectivity index (χ1n) is 8.26. The Balaban J connectivity index is 1.54. The van der Waals surface area contributed by atoms with Crippen LogP contribution in [0.15, 0.2) is 0 Å². The Hall–Kier alpha value is 0. The van der Waals surface area contributed by atoms with E-state index in [2.05, 4.69) is 6.92 Å². The molecule has 2 spiro atoms. The van der Waals surface area contributed by atoms with Gasteiger partial charge in [-0.3, -0.25) is 0 Å². The Labute approximate surface area is 104 Å². The van der Waals surface area contributed by atoms with Gasteiger partial charge in [-0.05, 0) is 96.2 Å². The van der Waals surface area contributed by atoms with Crippen molar-refractivity contribution in [3.63, 3.8) is 0 Å². The molecule has 0 nitrogen and oxygen atoms in total. The van der Waals surface area contributed by atoms with Gasteiger partial charge in [0.15, 0.2) is 0 Å². The third-order valence-electron chi connectivity index (χ3n) is 9.52. The van der Waals surface area contributed by atoms with Crippen LogP contribution in [0.2, 0.25) is 0 Å². The zero-order valence-corrected chi connectivity index (χ0v) is 10.7. The van der Waals surface area contributed by atoms with E-state index in [1.165, 1.54) is 47.3 Å². The summed E-state index contributed by atoms with van der Waals surface area (Å²) in [6.45, 7) is 2.61. The molecule has 7 fully saturated rings. The van der Waals surface area contributed by atoms with Crippen molar-refractivity contribution in [2.24, 2.45) is 64.1 Å². The lowest BCUT2D eigenvalue weighted by Crippen LogP contribution is -2.54. The van der Waals surface area contributed by atoms with Gasteiger partial charge in [0.25, 0.3) is 0 Å². The summed E-state index contributed by atoms with van der Waals surface area (Å²) in [4.78, 5) is 0. The summed E-state index contributed by atoms with van der Waals surface area (Å²) in [5.74, 6) is 11.0. The van der Waals surface area contributed by atoms with Gasteiger partial charge in [0.1, 0.15) is 0 Å². The van der Waals surface area contributed by atoms with Crippen molar-refractivity contribution in [3.8, 4) is 0 Å². The topological polar surface area (TPSA) is 0 Å². The van der Waals surface area contributed by atoms with Gasteiger partial charge in [0.05, 0.1) is 0 Å². The van der Waals surface area contributed by atoms with Crippen LogP contribution in [-0.2, 0) is 0 Å². The lowest BCUT2D eigenvalue weighted by atomic mass is 9.45. The van der Waals surface area contributed by atoms with E-state index in [0.29, 0.717) is 0 Å². The molecule has 7 saturated carbocycles. The second-order valence-corrected chi connectivity index (χ2v) is 9.34. The first-order valence-corrected chi connectivity index (χ1v) is 8.26. The van der Waals surface area contributed by atoms with Crippen molar-refractivity contribution in [1.82, 2.24) is 0 Å². The molecule has 11 atom stereocenters. The lowest BCUT2D eigenvalue weighted by molar-refractivity contribution is -0.116. The van der Waals surface area contributed by atoms with Crippen LogP contribution < -0.4 is 0 Å². The van der Waals surface area contributed by atoms with Crippen LogP contribution in [-0.4, -0.2) is 0 Å². The number of hydrogen-bond donors (Lipinski definition) is 0. The van der Waals surface area contributed by atoms with Gasteiger partial charge >= 0.3 is 0 Å². The van der Waals surface area contributed by atoms with Gasteiger partial charge in [0, 0.05) is 0 Å². The van der Waals surface area contributed by atoms with E-state index in [1.807, 2.05) is 0 Å². The maximum absolute atomic E-state index is 2.61. The van der Waals surface area contributed by atoms with Gasteiger partial charge in [-0.2, -0.15) is 0 Å². The monoisotopic (exact) mass is 226 g/mol. The highest BCUT2D eigenvalue weighted by molar-refractivity contribution is 5.38. The minimum Gasteiger partial charge on any atom is -0.0622 e. The molecule has 90 valence electrons. The van der Waals surface area contributed by atoms with E-state index < -0.39 is 0 Å². The highest BCUT2D eigenvalue weighted by Crippen LogP contribution is 2.96. The molecule has 7 bridgehead atoms. The quantitative estimate of drug-likeness (QED) is 0.592. The van der Waals surface area contributed by atoms with Crippen LogP contribution in [0.1, 0.15) is 39.0 Å². The van der Waals surface area contributed by atoms with E-state index in [4.69, 9.17) is 0 Å². The molecule has 0 saturated heterocycles. The zero-order chi connectivity index (χ0) is 10.7. The molecule has 0 aliphatic heterocycles. The minimum atomic E-state index is 0.969. The average molecular weight is 226 g/mol. The molecular formula is C17H22. The van der Waals surface area contributed by atoms with Gasteiger partial charge in [-0.25, -0.2) is 0 Å². The summed E-state index contributed by atoms with van der Waals surface area (Å²) in [6.07, 6.45) is 8.43. The normalized spacial score (nSPS) is 87.0. The molecule has 0 aromatic rings. The molecule has 17 heavy (non-hydrogen) atoms. The van der Waals surface area contributed by atoms with E-state index in [-0.39, 0.29) is 0 Å². The standard InChI is InChI=1S/C17H22/c1-7-2-8-3-9-14-11-4-16(9,11)6-17-5-10(17)13(8)12(7)15(14)17/h7-15H,2-6H2,1H3. The van der Waals surface area contributed by atoms with Gasteiger partial charge in [0.2, 0.25) is 0 Å². The molecule has 11 unspecified atom stereocenters. The Morgan fingerprint density at radius 1 is 0.824 bits per heavy atom. The summed E-state index contributed by atoms with van der Waals surface area (Å²) < 4.78 is 0. The second-order valence-electron chi connectivity index (χ2n) is 9.34. The fourth-order valence-corrected chi connectivity index (χ4v) is 9.53. The number of rotatable bonds is 0. The van der Waals surface area contributed by atoms with Crippen LogP contribution in [0, 0.1) is 64.1 Å². The summed E-state index contributed by atoms with van der Waals surface area (Å²) in [5, 5.41) is 0. The highest BCUT2D eigenvalue weighted by atomic mass is 14.9. The van der Waals surface area contributed by atoms with Crippen molar-refractivity contribution in [2.45, 2.75) is 39.0 Å². The third-order valence-corrected chi connectivity index (χ3v) is 9.52. The Morgan fingerprint density at radius 3 is 2.59 bits per heavy atom. The van der Waals surface area contributed by atoms with Gasteiger partial charge in [-0.15, -0.1) is 0 Å². The van der Waals surface area contributed by atoms with Crippen molar-refractivity contribution in [2.75, 3.05) is 0 Å². The second kappa shape index (κ2) is 1.86. The van der Waals surface area contributed by atoms with Crippen molar-refractivity contribution < 1.29 is 0 Å². The Bertz CT molecular complexity index is 480. The lowest BCUT2D eigenvalue weighted by Gasteiger charge is -2.59. The van der Waals surface area contributed by atoms with Crippen molar-refractivity contribution in [1.29, 1.82) is 0 Å². The third kappa shape index (κ3) is 0.543. The van der Waals surface area contributed by atoms with Crippen LogP contribution in [0.25, 0.3) is 0 Å². The van der Waals surface area contributed by atoms with E-state index in [9.17, 15) is 0 Å². The fourth-order valence-electron chi connectivity index (χ4n) is 9.53. The van der Waals surface area contributed by atoms with Crippen LogP contribution in [0.3, 0.4) is 0 Å². The molecule has 0 aromatic heterocycles. The van der Waals surface area contributed by atoms with E-state index >= 15 is 0 Å². The molecule has 7 aliphatic carbocycles. The minimum absolute atomic E-state index is 0.969. The highest BCUT2D eigenvalue weighted by Gasteiger charge is 2.90. The number of hydrogen-bond acceptors (Lipinski definition) is 0. The molecule has 0 aromatic carbocycles. The predicted octanol–water partition coefficient (Wildman–Crippen LogP) is 3.57. The smallest absolute Gasteiger partial charge is 0.0224 e. The molecule has 7 rings (SSSR count). The summed E-state index contributed by atoms with van der Waals surface area (Å²) in [7, 11) is 0. The average Bonchev–Trinajstić information content (AvgIpc) is 3.08. The van der Waals surface area contributed by atoms with E-state index in [1.54, 1.807) is 32.1 Å². The molecule has 0 amide bonds. The van der Waals surface area contributed by atoms with Crippen molar-refractivity contribution in [3.05, 3.63) is 0 Å². The van der Waals surface area contributed by atoms with Crippen LogP contribution in [0.5, 0.6) is 0 Å². The maximum Gasteiger partial charge on any atom is -0.0224 e. The molecule has 0 radical (unpaired) electrons. The predicted molar refractivity (Wildman–Crippen MR) is 65.0 cm³/mol. The first kappa shape index (κ1) is 8.23. The van der Waals surface area contributed by atoms with Crippen LogP contribution in [0.4, 0.5) is 0 Å². The largest absolute Gasteiger partial charge is 0.0622 e. The molecule has 0 heteroatoms. The zero-order valence-electron chi connectivity index (χ0n) is 10.7. The fraction of sp³-hybridized carbons (Fsp3) is 1.00. The first-order chi connectivity index (χ1) is 8.26. The molecule has 0 N–H and O–H groups in total. The SMILES string of the molecule is CC1CC2CC3C4C5CC35CC35CC3C2C1C45. The van der Waals surface area contributed by atoms with Gasteiger partial charge in [-0.1, -0.05) is 6.92 Å². The summed E-state index contributed by atoms with van der Waals surface area (Å²) in [5.41, 5.74) is 1.95. The van der Waals surface area contributed by atoms with Gasteiger partial charge < -0.3 is 0 Å². The van der Waals surface area contributed by atoms with Crippen molar-refractivity contribution >= 4 is 0 Å². The maximum atomic E-state index is 2.61. The molecule has 7 aliphatic rings. The Kier molecular flexibility index (Phi) is 0.900. The molecule has 0 heterocycles. The Morgan fingerprint density at radius 2 is 1.65 bits per heavy atom.